The molecule has 1 aliphatic rings. The average molecular weight is 413 g/mol. The fraction of sp³-hybridized carbons (Fsp3) is 0.267. The number of phenols is 1. The molecular formula is C15H15Br2N3O. The van der Waals surface area contributed by atoms with Gasteiger partial charge in [0, 0.05) is 50.3 Å². The zero-order valence-corrected chi connectivity index (χ0v) is 14.5. The van der Waals surface area contributed by atoms with Gasteiger partial charge in [0.05, 0.1) is 14.6 Å². The Balaban J connectivity index is 1.73. The summed E-state index contributed by atoms with van der Waals surface area (Å²) < 4.78 is 2.00. The highest BCUT2D eigenvalue weighted by Crippen LogP contribution is 2.34. The fourth-order valence-corrected chi connectivity index (χ4v) is 4.02. The number of pyridine rings is 1. The summed E-state index contributed by atoms with van der Waals surface area (Å²) in [6.45, 7) is 3.70. The molecule has 2 heterocycles. The predicted octanol–water partition coefficient (Wildman–Crippen LogP) is 3.64. The molecule has 1 aromatic heterocycles. The van der Waals surface area contributed by atoms with Gasteiger partial charge in [0.25, 0.3) is 0 Å². The van der Waals surface area contributed by atoms with Gasteiger partial charge in [-0.05, 0) is 44.0 Å². The van der Waals surface area contributed by atoms with Gasteiger partial charge in [0.15, 0.2) is 0 Å². The molecule has 0 unspecified atom stereocenters. The third-order valence-corrected chi connectivity index (χ3v) is 4.78. The van der Waals surface area contributed by atoms with Crippen molar-refractivity contribution >= 4 is 43.2 Å². The number of aromatic nitrogens is 1. The molecule has 21 heavy (non-hydrogen) atoms. The molecule has 0 saturated carbocycles. The van der Waals surface area contributed by atoms with Crippen LogP contribution >= 0.6 is 31.9 Å². The smallest absolute Gasteiger partial charge is 0.117 e. The number of piperazine rings is 1. The Kier molecular flexibility index (Phi) is 4.35. The van der Waals surface area contributed by atoms with E-state index in [2.05, 4.69) is 46.6 Å². The van der Waals surface area contributed by atoms with Gasteiger partial charge in [-0.15, -0.1) is 0 Å². The first-order valence-electron chi connectivity index (χ1n) is 6.73. The van der Waals surface area contributed by atoms with Crippen molar-refractivity contribution in [3.63, 3.8) is 0 Å². The summed E-state index contributed by atoms with van der Waals surface area (Å²) in [7, 11) is 0. The maximum absolute atomic E-state index is 9.59. The Hall–Kier alpha value is -1.27. The third-order valence-electron chi connectivity index (χ3n) is 3.62. The van der Waals surface area contributed by atoms with Crippen molar-refractivity contribution in [3.8, 4) is 5.75 Å². The SMILES string of the molecule is Oc1cccc(N2CCN(c3c(Br)cncc3Br)CC2)c1. The van der Waals surface area contributed by atoms with Crippen molar-refractivity contribution in [3.05, 3.63) is 45.6 Å². The van der Waals surface area contributed by atoms with Crippen LogP contribution < -0.4 is 9.80 Å². The number of halogens is 2. The lowest BCUT2D eigenvalue weighted by molar-refractivity contribution is 0.475. The number of phenolic OH excluding ortho intramolecular Hbond substituents is 1. The fourth-order valence-electron chi connectivity index (χ4n) is 2.58. The van der Waals surface area contributed by atoms with Gasteiger partial charge in [-0.2, -0.15) is 0 Å². The Morgan fingerprint density at radius 3 is 2.19 bits per heavy atom. The Morgan fingerprint density at radius 1 is 0.952 bits per heavy atom. The van der Waals surface area contributed by atoms with Gasteiger partial charge >= 0.3 is 0 Å². The van der Waals surface area contributed by atoms with Crippen LogP contribution in [0.25, 0.3) is 0 Å². The van der Waals surface area contributed by atoms with Gasteiger partial charge in [-0.3, -0.25) is 4.98 Å². The van der Waals surface area contributed by atoms with E-state index in [9.17, 15) is 5.11 Å². The number of hydrogen-bond donors (Lipinski definition) is 1. The minimum atomic E-state index is 0.314. The molecule has 1 fully saturated rings. The molecule has 2 aromatic rings. The highest BCUT2D eigenvalue weighted by atomic mass is 79.9. The van der Waals surface area contributed by atoms with Crippen LogP contribution in [-0.2, 0) is 0 Å². The monoisotopic (exact) mass is 411 g/mol. The summed E-state index contributed by atoms with van der Waals surface area (Å²) in [4.78, 5) is 8.79. The van der Waals surface area contributed by atoms with E-state index in [0.717, 1.165) is 46.5 Å². The molecule has 0 radical (unpaired) electrons. The van der Waals surface area contributed by atoms with E-state index >= 15 is 0 Å². The lowest BCUT2D eigenvalue weighted by Crippen LogP contribution is -2.46. The predicted molar refractivity (Wildman–Crippen MR) is 92.2 cm³/mol. The van der Waals surface area contributed by atoms with Crippen LogP contribution in [0.1, 0.15) is 0 Å². The molecule has 0 amide bonds. The highest BCUT2D eigenvalue weighted by molar-refractivity contribution is 9.11. The molecule has 0 spiro atoms. The number of hydrogen-bond acceptors (Lipinski definition) is 4. The number of rotatable bonds is 2. The minimum Gasteiger partial charge on any atom is -0.508 e. The number of benzene rings is 1. The molecule has 1 aliphatic heterocycles. The lowest BCUT2D eigenvalue weighted by atomic mass is 10.2. The summed E-state index contributed by atoms with van der Waals surface area (Å²) in [6, 6.07) is 7.43. The summed E-state index contributed by atoms with van der Waals surface area (Å²) >= 11 is 7.14. The number of nitrogens with zero attached hydrogens (tertiary/aromatic N) is 3. The van der Waals surface area contributed by atoms with E-state index in [4.69, 9.17) is 0 Å². The van der Waals surface area contributed by atoms with Crippen LogP contribution in [0.2, 0.25) is 0 Å². The molecule has 4 nitrogen and oxygen atoms in total. The molecular weight excluding hydrogens is 398 g/mol. The van der Waals surface area contributed by atoms with E-state index in [1.165, 1.54) is 0 Å². The summed E-state index contributed by atoms with van der Waals surface area (Å²) in [6.07, 6.45) is 3.64. The van der Waals surface area contributed by atoms with Crippen molar-refractivity contribution < 1.29 is 5.11 Å². The van der Waals surface area contributed by atoms with Crippen LogP contribution in [0.5, 0.6) is 5.75 Å². The van der Waals surface area contributed by atoms with E-state index in [1.54, 1.807) is 6.07 Å². The van der Waals surface area contributed by atoms with Gasteiger partial charge in [0.2, 0.25) is 0 Å². The third kappa shape index (κ3) is 3.16. The van der Waals surface area contributed by atoms with E-state index in [0.29, 0.717) is 5.75 Å². The Morgan fingerprint density at radius 2 is 1.57 bits per heavy atom. The second kappa shape index (κ2) is 6.23. The van der Waals surface area contributed by atoms with Crippen molar-refractivity contribution in [2.45, 2.75) is 0 Å². The highest BCUT2D eigenvalue weighted by Gasteiger charge is 2.21. The Labute approximate surface area is 140 Å². The first kappa shape index (κ1) is 14.7. The van der Waals surface area contributed by atoms with Crippen LogP contribution in [-0.4, -0.2) is 36.3 Å². The van der Waals surface area contributed by atoms with Crippen molar-refractivity contribution in [1.29, 1.82) is 0 Å². The normalized spacial score (nSPS) is 15.3. The maximum atomic E-state index is 9.59. The molecule has 1 aromatic carbocycles. The zero-order valence-electron chi connectivity index (χ0n) is 11.3. The van der Waals surface area contributed by atoms with E-state index in [1.807, 2.05) is 30.6 Å². The molecule has 0 bridgehead atoms. The second-order valence-electron chi connectivity index (χ2n) is 4.95. The molecule has 3 rings (SSSR count). The van der Waals surface area contributed by atoms with Crippen LogP contribution in [0, 0.1) is 0 Å². The van der Waals surface area contributed by atoms with Gasteiger partial charge in [-0.1, -0.05) is 6.07 Å². The van der Waals surface area contributed by atoms with Crippen LogP contribution in [0.3, 0.4) is 0 Å². The number of aromatic hydroxyl groups is 1. The quantitative estimate of drug-likeness (QED) is 0.817. The van der Waals surface area contributed by atoms with Gasteiger partial charge in [-0.25, -0.2) is 0 Å². The van der Waals surface area contributed by atoms with Crippen LogP contribution in [0.15, 0.2) is 45.6 Å². The molecule has 1 N–H and O–H groups in total. The summed E-state index contributed by atoms with van der Waals surface area (Å²) in [5.41, 5.74) is 2.23. The number of anilines is 2. The lowest BCUT2D eigenvalue weighted by Gasteiger charge is -2.38. The van der Waals surface area contributed by atoms with Gasteiger partial charge in [0.1, 0.15) is 5.75 Å². The maximum Gasteiger partial charge on any atom is 0.117 e. The first-order valence-corrected chi connectivity index (χ1v) is 8.31. The molecule has 6 heteroatoms. The van der Waals surface area contributed by atoms with Crippen LogP contribution in [0.4, 0.5) is 11.4 Å². The summed E-state index contributed by atoms with van der Waals surface area (Å²) in [5.74, 6) is 0.314. The minimum absolute atomic E-state index is 0.314. The average Bonchev–Trinajstić information content (AvgIpc) is 2.48. The standard InChI is InChI=1S/C15H15Br2N3O/c16-13-9-18-10-14(17)15(13)20-6-4-19(5-7-20)11-2-1-3-12(21)8-11/h1-3,8-10,21H,4-7H2. The largest absolute Gasteiger partial charge is 0.508 e. The molecule has 0 aliphatic carbocycles. The zero-order chi connectivity index (χ0) is 14.8. The van der Waals surface area contributed by atoms with Crippen molar-refractivity contribution in [2.75, 3.05) is 36.0 Å². The topological polar surface area (TPSA) is 39.6 Å². The second-order valence-corrected chi connectivity index (χ2v) is 6.65. The first-order chi connectivity index (χ1) is 10.1. The molecule has 110 valence electrons. The van der Waals surface area contributed by atoms with Crippen molar-refractivity contribution in [1.82, 2.24) is 4.98 Å². The van der Waals surface area contributed by atoms with Crippen molar-refractivity contribution in [2.24, 2.45) is 0 Å². The molecule has 0 atom stereocenters. The summed E-state index contributed by atoms with van der Waals surface area (Å²) in [5, 5.41) is 9.59. The molecule has 1 saturated heterocycles. The van der Waals surface area contributed by atoms with E-state index < -0.39 is 0 Å². The van der Waals surface area contributed by atoms with Gasteiger partial charge < -0.3 is 14.9 Å². The van der Waals surface area contributed by atoms with E-state index in [-0.39, 0.29) is 0 Å². The Bertz CT molecular complexity index is 622.